The van der Waals surface area contributed by atoms with Gasteiger partial charge in [-0.3, -0.25) is 4.98 Å². The van der Waals surface area contributed by atoms with Gasteiger partial charge < -0.3 is 9.64 Å². The normalized spacial score (nSPS) is 10.2. The highest BCUT2D eigenvalue weighted by molar-refractivity contribution is 6.30. The van der Waals surface area contributed by atoms with Crippen molar-refractivity contribution in [2.24, 2.45) is 0 Å². The van der Waals surface area contributed by atoms with Gasteiger partial charge in [-0.15, -0.1) is 0 Å². The minimum absolute atomic E-state index is 0.681. The Morgan fingerprint density at radius 3 is 2.78 bits per heavy atom. The van der Waals surface area contributed by atoms with Crippen molar-refractivity contribution in [3.05, 3.63) is 53.3 Å². The van der Waals surface area contributed by atoms with Crippen molar-refractivity contribution in [3.63, 3.8) is 0 Å². The van der Waals surface area contributed by atoms with E-state index in [9.17, 15) is 0 Å². The topological polar surface area (TPSA) is 25.4 Å². The molecular weight excluding hydrogens is 248 g/mol. The van der Waals surface area contributed by atoms with Gasteiger partial charge in [-0.2, -0.15) is 0 Å². The first-order valence-electron chi connectivity index (χ1n) is 5.65. The fraction of sp³-hybridized carbons (Fsp3) is 0.214. The average Bonchev–Trinajstić information content (AvgIpc) is 2.38. The van der Waals surface area contributed by atoms with Gasteiger partial charge >= 0.3 is 0 Å². The SMILES string of the molecule is COc1ccccc1N(C)Cc1cc(Cl)ccn1. The summed E-state index contributed by atoms with van der Waals surface area (Å²) in [4.78, 5) is 6.37. The van der Waals surface area contributed by atoms with Gasteiger partial charge in [0, 0.05) is 18.3 Å². The summed E-state index contributed by atoms with van der Waals surface area (Å²) in [6, 6.07) is 11.5. The van der Waals surface area contributed by atoms with E-state index < -0.39 is 0 Å². The Hall–Kier alpha value is -1.74. The largest absolute Gasteiger partial charge is 0.495 e. The summed E-state index contributed by atoms with van der Waals surface area (Å²) in [5.41, 5.74) is 1.96. The summed E-state index contributed by atoms with van der Waals surface area (Å²) in [6.07, 6.45) is 1.72. The van der Waals surface area contributed by atoms with Gasteiger partial charge in [-0.25, -0.2) is 0 Å². The lowest BCUT2D eigenvalue weighted by Gasteiger charge is -2.21. The second kappa shape index (κ2) is 5.74. The van der Waals surface area contributed by atoms with E-state index in [1.54, 1.807) is 19.4 Å². The molecule has 0 spiro atoms. The van der Waals surface area contributed by atoms with Crippen LogP contribution in [0.5, 0.6) is 5.75 Å². The Morgan fingerprint density at radius 1 is 1.28 bits per heavy atom. The van der Waals surface area contributed by atoms with Gasteiger partial charge in [0.1, 0.15) is 5.75 Å². The quantitative estimate of drug-likeness (QED) is 0.845. The predicted octanol–water partition coefficient (Wildman–Crippen LogP) is 3.38. The lowest BCUT2D eigenvalue weighted by molar-refractivity contribution is 0.414. The molecule has 0 aliphatic heterocycles. The lowest BCUT2D eigenvalue weighted by Crippen LogP contribution is -2.17. The standard InChI is InChI=1S/C14H15ClN2O/c1-17(10-12-9-11(15)7-8-16-12)13-5-3-4-6-14(13)18-2/h3-9H,10H2,1-2H3. The van der Waals surface area contributed by atoms with Gasteiger partial charge in [0.15, 0.2) is 0 Å². The summed E-state index contributed by atoms with van der Waals surface area (Å²) in [7, 11) is 3.67. The fourth-order valence-corrected chi connectivity index (χ4v) is 1.99. The Bertz CT molecular complexity index is 531. The summed E-state index contributed by atoms with van der Waals surface area (Å²) < 4.78 is 5.34. The van der Waals surface area contributed by atoms with Crippen LogP contribution < -0.4 is 9.64 Å². The number of halogens is 1. The number of pyridine rings is 1. The first-order valence-corrected chi connectivity index (χ1v) is 6.03. The van der Waals surface area contributed by atoms with Crippen LogP contribution in [0.25, 0.3) is 0 Å². The third kappa shape index (κ3) is 2.93. The van der Waals surface area contributed by atoms with Crippen LogP contribution >= 0.6 is 11.6 Å². The minimum Gasteiger partial charge on any atom is -0.495 e. The van der Waals surface area contributed by atoms with Crippen molar-refractivity contribution in [2.45, 2.75) is 6.54 Å². The molecule has 4 heteroatoms. The van der Waals surface area contributed by atoms with Crippen molar-refractivity contribution >= 4 is 17.3 Å². The second-order valence-electron chi connectivity index (χ2n) is 3.99. The molecule has 2 aromatic rings. The van der Waals surface area contributed by atoms with Crippen LogP contribution in [0.1, 0.15) is 5.69 Å². The van der Waals surface area contributed by atoms with E-state index in [2.05, 4.69) is 9.88 Å². The molecule has 0 radical (unpaired) electrons. The third-order valence-electron chi connectivity index (χ3n) is 2.67. The zero-order chi connectivity index (χ0) is 13.0. The number of nitrogens with zero attached hydrogens (tertiary/aromatic N) is 2. The summed E-state index contributed by atoms with van der Waals surface area (Å²) in [5, 5.41) is 0.702. The number of rotatable bonds is 4. The van der Waals surface area contributed by atoms with Crippen molar-refractivity contribution in [1.82, 2.24) is 4.98 Å². The number of anilines is 1. The molecule has 0 unspecified atom stereocenters. The summed E-state index contributed by atoms with van der Waals surface area (Å²) in [5.74, 6) is 0.849. The molecule has 0 amide bonds. The van der Waals surface area contributed by atoms with Crippen molar-refractivity contribution in [1.29, 1.82) is 0 Å². The number of benzene rings is 1. The van der Waals surface area contributed by atoms with Gasteiger partial charge in [-0.1, -0.05) is 23.7 Å². The van der Waals surface area contributed by atoms with Crippen LogP contribution in [0.4, 0.5) is 5.69 Å². The summed E-state index contributed by atoms with van der Waals surface area (Å²) >= 11 is 5.95. The van der Waals surface area contributed by atoms with E-state index in [1.807, 2.05) is 37.4 Å². The molecule has 0 saturated heterocycles. The zero-order valence-corrected chi connectivity index (χ0v) is 11.2. The molecule has 0 atom stereocenters. The molecule has 1 aromatic carbocycles. The molecule has 0 aliphatic carbocycles. The van der Waals surface area contributed by atoms with Crippen LogP contribution in [0, 0.1) is 0 Å². The van der Waals surface area contributed by atoms with Crippen LogP contribution in [-0.2, 0) is 6.54 Å². The lowest BCUT2D eigenvalue weighted by atomic mass is 10.2. The Labute approximate surface area is 112 Å². The highest BCUT2D eigenvalue weighted by Crippen LogP contribution is 2.27. The molecule has 3 nitrogen and oxygen atoms in total. The van der Waals surface area contributed by atoms with Crippen molar-refractivity contribution in [3.8, 4) is 5.75 Å². The molecule has 0 fully saturated rings. The van der Waals surface area contributed by atoms with E-state index in [0.717, 1.165) is 17.1 Å². The fourth-order valence-electron chi connectivity index (χ4n) is 1.81. The number of para-hydroxylation sites is 2. The van der Waals surface area contributed by atoms with E-state index in [4.69, 9.17) is 16.3 Å². The molecule has 0 aliphatic rings. The molecule has 0 N–H and O–H groups in total. The monoisotopic (exact) mass is 262 g/mol. The number of hydrogen-bond donors (Lipinski definition) is 0. The summed E-state index contributed by atoms with van der Waals surface area (Å²) in [6.45, 7) is 0.681. The van der Waals surface area contributed by atoms with Gasteiger partial charge in [0.2, 0.25) is 0 Å². The average molecular weight is 263 g/mol. The van der Waals surface area contributed by atoms with Crippen LogP contribution in [-0.4, -0.2) is 19.1 Å². The maximum absolute atomic E-state index is 5.95. The highest BCUT2D eigenvalue weighted by atomic mass is 35.5. The second-order valence-corrected chi connectivity index (χ2v) is 4.43. The van der Waals surface area contributed by atoms with Crippen LogP contribution in [0.2, 0.25) is 5.02 Å². The molecule has 0 bridgehead atoms. The van der Waals surface area contributed by atoms with E-state index in [0.29, 0.717) is 11.6 Å². The number of hydrogen-bond acceptors (Lipinski definition) is 3. The van der Waals surface area contributed by atoms with Crippen LogP contribution in [0.3, 0.4) is 0 Å². The third-order valence-corrected chi connectivity index (χ3v) is 2.91. The predicted molar refractivity (Wildman–Crippen MR) is 74.3 cm³/mol. The van der Waals surface area contributed by atoms with E-state index in [-0.39, 0.29) is 0 Å². The van der Waals surface area contributed by atoms with E-state index >= 15 is 0 Å². The molecule has 94 valence electrons. The first kappa shape index (κ1) is 12.7. The maximum Gasteiger partial charge on any atom is 0.142 e. The van der Waals surface area contributed by atoms with E-state index in [1.165, 1.54) is 0 Å². The number of ether oxygens (including phenoxy) is 1. The Kier molecular flexibility index (Phi) is 4.05. The van der Waals surface area contributed by atoms with Gasteiger partial charge in [0.25, 0.3) is 0 Å². The number of methoxy groups -OCH3 is 1. The van der Waals surface area contributed by atoms with Gasteiger partial charge in [0.05, 0.1) is 25.0 Å². The molecule has 1 heterocycles. The number of aromatic nitrogens is 1. The van der Waals surface area contributed by atoms with Gasteiger partial charge in [-0.05, 0) is 24.3 Å². The Morgan fingerprint density at radius 2 is 2.06 bits per heavy atom. The first-order chi connectivity index (χ1) is 8.70. The highest BCUT2D eigenvalue weighted by Gasteiger charge is 2.08. The smallest absolute Gasteiger partial charge is 0.142 e. The molecule has 0 saturated carbocycles. The maximum atomic E-state index is 5.95. The zero-order valence-electron chi connectivity index (χ0n) is 10.4. The molecule has 2 rings (SSSR count). The van der Waals surface area contributed by atoms with Crippen molar-refractivity contribution in [2.75, 3.05) is 19.1 Å². The van der Waals surface area contributed by atoms with Crippen LogP contribution in [0.15, 0.2) is 42.6 Å². The minimum atomic E-state index is 0.681. The molecular formula is C14H15ClN2O. The molecule has 1 aromatic heterocycles. The van der Waals surface area contributed by atoms with Crippen molar-refractivity contribution < 1.29 is 4.74 Å². The Balaban J connectivity index is 2.19. The molecule has 18 heavy (non-hydrogen) atoms.